The highest BCUT2D eigenvalue weighted by atomic mass is 16.5. The van der Waals surface area contributed by atoms with Crippen molar-refractivity contribution in [3.63, 3.8) is 0 Å². The summed E-state index contributed by atoms with van der Waals surface area (Å²) in [4.78, 5) is 11.8. The number of hydrogen-bond acceptors (Lipinski definition) is 5. The molecule has 28 heavy (non-hydrogen) atoms. The molecule has 0 aromatic carbocycles. The van der Waals surface area contributed by atoms with Crippen LogP contribution in [0.1, 0.15) is 65.7 Å². The first-order chi connectivity index (χ1) is 13.4. The number of allylic oxidation sites excluding steroid dienone is 1. The molecule has 0 aromatic heterocycles. The second-order valence-corrected chi connectivity index (χ2v) is 8.61. The molecule has 0 aliphatic carbocycles. The zero-order valence-corrected chi connectivity index (χ0v) is 18.1. The molecule has 0 saturated carbocycles. The Bertz CT molecular complexity index is 505. The molecular formula is C22H39NO5. The Labute approximate surface area is 170 Å². The van der Waals surface area contributed by atoms with Gasteiger partial charge in [-0.2, -0.15) is 0 Å². The lowest BCUT2D eigenvalue weighted by atomic mass is 9.78. The molecule has 2 heterocycles. The SMILES string of the molecule is CCCCCCOC[C@H]1[C@@H](C/C=C\COC(C)(C)C(=O)N(C)O)[C@H]2CC[C@@H]1O2. The number of ether oxygens (including phenoxy) is 3. The van der Waals surface area contributed by atoms with Gasteiger partial charge in [0.05, 0.1) is 25.4 Å². The Morgan fingerprint density at radius 3 is 2.57 bits per heavy atom. The molecule has 2 fully saturated rings. The molecular weight excluding hydrogens is 358 g/mol. The van der Waals surface area contributed by atoms with Crippen molar-refractivity contribution in [1.82, 2.24) is 5.06 Å². The van der Waals surface area contributed by atoms with Crippen LogP contribution in [0.3, 0.4) is 0 Å². The van der Waals surface area contributed by atoms with Gasteiger partial charge in [0, 0.05) is 19.6 Å². The molecule has 2 aliphatic rings. The van der Waals surface area contributed by atoms with Gasteiger partial charge in [-0.05, 0) is 45.4 Å². The van der Waals surface area contributed by atoms with Gasteiger partial charge in [0.25, 0.3) is 5.91 Å². The molecule has 0 aromatic rings. The van der Waals surface area contributed by atoms with Crippen LogP contribution in [0.25, 0.3) is 0 Å². The van der Waals surface area contributed by atoms with Crippen LogP contribution in [0, 0.1) is 11.8 Å². The summed E-state index contributed by atoms with van der Waals surface area (Å²) in [6.45, 7) is 7.54. The fraction of sp³-hybridized carbons (Fsp3) is 0.864. The highest BCUT2D eigenvalue weighted by Gasteiger charge is 2.48. The first-order valence-electron chi connectivity index (χ1n) is 10.9. The van der Waals surface area contributed by atoms with Crippen molar-refractivity contribution >= 4 is 5.91 Å². The maximum absolute atomic E-state index is 11.8. The van der Waals surface area contributed by atoms with E-state index in [1.165, 1.54) is 26.3 Å². The molecule has 162 valence electrons. The van der Waals surface area contributed by atoms with E-state index in [4.69, 9.17) is 14.2 Å². The van der Waals surface area contributed by atoms with Crippen molar-refractivity contribution < 1.29 is 24.2 Å². The maximum atomic E-state index is 11.8. The number of rotatable bonds is 13. The van der Waals surface area contributed by atoms with E-state index in [2.05, 4.69) is 13.0 Å². The number of carbonyl (C=O) groups is 1. The number of carbonyl (C=O) groups excluding carboxylic acids is 1. The third-order valence-corrected chi connectivity index (χ3v) is 5.97. The Morgan fingerprint density at radius 2 is 1.89 bits per heavy atom. The summed E-state index contributed by atoms with van der Waals surface area (Å²) in [7, 11) is 1.31. The number of amides is 1. The van der Waals surface area contributed by atoms with Crippen LogP contribution < -0.4 is 0 Å². The van der Waals surface area contributed by atoms with E-state index in [-0.39, 0.29) is 0 Å². The highest BCUT2D eigenvalue weighted by Crippen LogP contribution is 2.45. The molecule has 6 heteroatoms. The summed E-state index contributed by atoms with van der Waals surface area (Å²) >= 11 is 0. The Hall–Kier alpha value is -0.950. The third kappa shape index (κ3) is 6.55. The monoisotopic (exact) mass is 397 g/mol. The van der Waals surface area contributed by atoms with Gasteiger partial charge in [-0.1, -0.05) is 38.3 Å². The number of nitrogens with zero attached hydrogens (tertiary/aromatic N) is 1. The van der Waals surface area contributed by atoms with E-state index >= 15 is 0 Å². The van der Waals surface area contributed by atoms with Crippen molar-refractivity contribution in [2.75, 3.05) is 26.9 Å². The van der Waals surface area contributed by atoms with E-state index in [0.717, 1.165) is 38.9 Å². The topological polar surface area (TPSA) is 68.2 Å². The standard InChI is InChI=1S/C22H39NO5/c1-5-6-7-9-14-26-16-18-17(19-12-13-20(18)28-19)11-8-10-15-27-22(2,3)21(24)23(4)25/h8,10,17-20,25H,5-7,9,11-16H2,1-4H3/b10-8-/t17-,18+,19-,20+/m1/s1. The minimum Gasteiger partial charge on any atom is -0.381 e. The third-order valence-electron chi connectivity index (χ3n) is 5.97. The Morgan fingerprint density at radius 1 is 1.18 bits per heavy atom. The van der Waals surface area contributed by atoms with E-state index in [1.54, 1.807) is 13.8 Å². The normalized spacial score (nSPS) is 27.0. The first kappa shape index (κ1) is 23.3. The highest BCUT2D eigenvalue weighted by molar-refractivity contribution is 5.83. The predicted octanol–water partition coefficient (Wildman–Crippen LogP) is 3.97. The summed E-state index contributed by atoms with van der Waals surface area (Å²) in [6, 6.07) is 0. The lowest BCUT2D eigenvalue weighted by Gasteiger charge is -2.27. The summed E-state index contributed by atoms with van der Waals surface area (Å²) < 4.78 is 17.7. The van der Waals surface area contributed by atoms with Gasteiger partial charge in [-0.25, -0.2) is 5.06 Å². The van der Waals surface area contributed by atoms with Gasteiger partial charge in [0.1, 0.15) is 5.60 Å². The van der Waals surface area contributed by atoms with Crippen LogP contribution in [0.4, 0.5) is 0 Å². The van der Waals surface area contributed by atoms with Crippen LogP contribution in [-0.4, -0.2) is 60.9 Å². The van der Waals surface area contributed by atoms with E-state index in [9.17, 15) is 10.0 Å². The second kappa shape index (κ2) is 11.3. The van der Waals surface area contributed by atoms with Crippen LogP contribution in [0.5, 0.6) is 0 Å². The van der Waals surface area contributed by atoms with E-state index < -0.39 is 11.5 Å². The average molecular weight is 398 g/mol. The molecule has 0 unspecified atom stereocenters. The Kier molecular flexibility index (Phi) is 9.41. The summed E-state index contributed by atoms with van der Waals surface area (Å²) in [6.07, 6.45) is 13.0. The van der Waals surface area contributed by atoms with Crippen molar-refractivity contribution in [3.05, 3.63) is 12.2 Å². The molecule has 2 bridgehead atoms. The zero-order chi connectivity index (χ0) is 20.6. The van der Waals surface area contributed by atoms with Gasteiger partial charge in [-0.15, -0.1) is 0 Å². The van der Waals surface area contributed by atoms with Gasteiger partial charge in [0.2, 0.25) is 0 Å². The Balaban J connectivity index is 1.72. The number of likely N-dealkylation sites (N-methyl/N-ethyl adjacent to an activating group) is 1. The van der Waals surface area contributed by atoms with Gasteiger partial charge in [0.15, 0.2) is 0 Å². The largest absolute Gasteiger partial charge is 0.381 e. The minimum atomic E-state index is -1.04. The van der Waals surface area contributed by atoms with Crippen LogP contribution in [0.2, 0.25) is 0 Å². The molecule has 1 N–H and O–H groups in total. The van der Waals surface area contributed by atoms with Crippen LogP contribution in [-0.2, 0) is 19.0 Å². The average Bonchev–Trinajstić information content (AvgIpc) is 3.25. The number of unbranched alkanes of at least 4 members (excludes halogenated alkanes) is 3. The molecule has 6 nitrogen and oxygen atoms in total. The molecule has 4 atom stereocenters. The second-order valence-electron chi connectivity index (χ2n) is 8.61. The number of hydroxylamine groups is 2. The van der Waals surface area contributed by atoms with Gasteiger partial charge in [-0.3, -0.25) is 10.0 Å². The molecule has 2 saturated heterocycles. The van der Waals surface area contributed by atoms with Crippen molar-refractivity contribution in [2.45, 2.75) is 83.5 Å². The van der Waals surface area contributed by atoms with Gasteiger partial charge >= 0.3 is 0 Å². The molecule has 0 radical (unpaired) electrons. The quantitative estimate of drug-likeness (QED) is 0.220. The molecule has 1 amide bonds. The van der Waals surface area contributed by atoms with Crippen LogP contribution in [0.15, 0.2) is 12.2 Å². The summed E-state index contributed by atoms with van der Waals surface area (Å²) in [5, 5.41) is 9.86. The van der Waals surface area contributed by atoms with Crippen molar-refractivity contribution in [1.29, 1.82) is 0 Å². The van der Waals surface area contributed by atoms with Crippen LogP contribution >= 0.6 is 0 Å². The number of hydrogen-bond donors (Lipinski definition) is 1. The van der Waals surface area contributed by atoms with Crippen molar-refractivity contribution in [3.8, 4) is 0 Å². The predicted molar refractivity (Wildman–Crippen MR) is 108 cm³/mol. The maximum Gasteiger partial charge on any atom is 0.277 e. The summed E-state index contributed by atoms with van der Waals surface area (Å²) in [5.74, 6) is 0.527. The molecule has 0 spiro atoms. The van der Waals surface area contributed by atoms with Gasteiger partial charge < -0.3 is 14.2 Å². The molecule has 2 rings (SSSR count). The molecule has 2 aliphatic heterocycles. The fourth-order valence-corrected chi connectivity index (χ4v) is 4.31. The van der Waals surface area contributed by atoms with E-state index in [1.807, 2.05) is 6.08 Å². The number of fused-ring (bicyclic) bond motifs is 2. The lowest BCUT2D eigenvalue weighted by Crippen LogP contribution is -2.43. The smallest absolute Gasteiger partial charge is 0.277 e. The van der Waals surface area contributed by atoms with Crippen molar-refractivity contribution in [2.24, 2.45) is 11.8 Å². The lowest BCUT2D eigenvalue weighted by molar-refractivity contribution is -0.181. The first-order valence-corrected chi connectivity index (χ1v) is 10.9. The zero-order valence-electron chi connectivity index (χ0n) is 18.1. The fourth-order valence-electron chi connectivity index (χ4n) is 4.31. The summed E-state index contributed by atoms with van der Waals surface area (Å²) in [5.41, 5.74) is -1.04. The minimum absolute atomic E-state index is 0.340. The van der Waals surface area contributed by atoms with E-state index in [0.29, 0.717) is 35.7 Å².